The maximum Gasteiger partial charge on any atom is -0.00203 e. The zero-order valence-corrected chi connectivity index (χ0v) is 9.69. The average molecular weight is 183 g/mol. The first-order valence-corrected chi connectivity index (χ1v) is 5.74. The lowest BCUT2D eigenvalue weighted by Gasteiger charge is -2.44. The van der Waals surface area contributed by atoms with Crippen LogP contribution in [0.4, 0.5) is 0 Å². The molecular formula is C12H25N. The summed E-state index contributed by atoms with van der Waals surface area (Å²) in [6.45, 7) is 11.8. The molecule has 1 aliphatic carbocycles. The second kappa shape index (κ2) is 4.45. The summed E-state index contributed by atoms with van der Waals surface area (Å²) in [5.41, 5.74) is 0.543. The molecular weight excluding hydrogens is 158 g/mol. The van der Waals surface area contributed by atoms with Crippen molar-refractivity contribution < 1.29 is 0 Å². The van der Waals surface area contributed by atoms with Gasteiger partial charge < -0.3 is 5.32 Å². The minimum atomic E-state index is 0.543. The van der Waals surface area contributed by atoms with Crippen LogP contribution in [0.25, 0.3) is 0 Å². The molecule has 0 amide bonds. The molecule has 1 rings (SSSR count). The summed E-state index contributed by atoms with van der Waals surface area (Å²) in [6, 6.07) is 0. The average Bonchev–Trinajstić information content (AvgIpc) is 1.91. The predicted molar refractivity (Wildman–Crippen MR) is 58.8 cm³/mol. The molecule has 1 saturated carbocycles. The molecule has 1 heteroatoms. The van der Waals surface area contributed by atoms with Crippen LogP contribution in [0.1, 0.15) is 47.0 Å². The third-order valence-electron chi connectivity index (χ3n) is 3.32. The highest BCUT2D eigenvalue weighted by Crippen LogP contribution is 2.44. The minimum Gasteiger partial charge on any atom is -0.316 e. The molecule has 0 atom stereocenters. The molecule has 0 spiro atoms. The van der Waals surface area contributed by atoms with Crippen LogP contribution in [0, 0.1) is 17.3 Å². The van der Waals surface area contributed by atoms with E-state index in [4.69, 9.17) is 0 Å². The fourth-order valence-electron chi connectivity index (χ4n) is 2.09. The second-order valence-electron chi connectivity index (χ2n) is 5.60. The Morgan fingerprint density at radius 3 is 2.31 bits per heavy atom. The van der Waals surface area contributed by atoms with Crippen LogP contribution >= 0.6 is 0 Å². The molecule has 1 N–H and O–H groups in total. The van der Waals surface area contributed by atoms with Gasteiger partial charge in [0.2, 0.25) is 0 Å². The van der Waals surface area contributed by atoms with Crippen molar-refractivity contribution in [1.29, 1.82) is 0 Å². The van der Waals surface area contributed by atoms with Crippen molar-refractivity contribution in [2.24, 2.45) is 17.3 Å². The molecule has 0 aromatic rings. The topological polar surface area (TPSA) is 12.0 Å². The molecule has 0 unspecified atom stereocenters. The lowest BCUT2D eigenvalue weighted by atomic mass is 9.63. The van der Waals surface area contributed by atoms with Gasteiger partial charge >= 0.3 is 0 Å². The maximum atomic E-state index is 3.51. The van der Waals surface area contributed by atoms with Gasteiger partial charge in [-0.15, -0.1) is 0 Å². The fraction of sp³-hybridized carbons (Fsp3) is 1.00. The largest absolute Gasteiger partial charge is 0.316 e. The van der Waals surface area contributed by atoms with E-state index < -0.39 is 0 Å². The quantitative estimate of drug-likeness (QED) is 0.661. The Labute approximate surface area is 83.3 Å². The SMILES string of the molecule is CCCNCC1CC(C(C)(C)C)C1. The molecule has 0 aromatic heterocycles. The van der Waals surface area contributed by atoms with E-state index in [1.54, 1.807) is 0 Å². The van der Waals surface area contributed by atoms with Gasteiger partial charge in [0, 0.05) is 0 Å². The summed E-state index contributed by atoms with van der Waals surface area (Å²) in [6.07, 6.45) is 4.15. The van der Waals surface area contributed by atoms with Gasteiger partial charge in [0.15, 0.2) is 0 Å². The van der Waals surface area contributed by atoms with Crippen LogP contribution in [0.15, 0.2) is 0 Å². The van der Waals surface area contributed by atoms with Crippen molar-refractivity contribution in [3.63, 3.8) is 0 Å². The molecule has 0 heterocycles. The Morgan fingerprint density at radius 2 is 1.85 bits per heavy atom. The number of rotatable bonds is 4. The van der Waals surface area contributed by atoms with E-state index in [0.717, 1.165) is 11.8 Å². The Bertz CT molecular complexity index is 140. The van der Waals surface area contributed by atoms with Crippen LogP contribution in [0.3, 0.4) is 0 Å². The van der Waals surface area contributed by atoms with Crippen LogP contribution in [0.2, 0.25) is 0 Å². The lowest BCUT2D eigenvalue weighted by molar-refractivity contribution is 0.0758. The smallest absolute Gasteiger partial charge is 0.00203 e. The number of nitrogens with one attached hydrogen (secondary N) is 1. The van der Waals surface area contributed by atoms with Crippen molar-refractivity contribution in [1.82, 2.24) is 5.32 Å². The van der Waals surface area contributed by atoms with E-state index in [1.807, 2.05) is 0 Å². The third-order valence-corrected chi connectivity index (χ3v) is 3.32. The Balaban J connectivity index is 2.05. The van der Waals surface area contributed by atoms with E-state index in [2.05, 4.69) is 33.0 Å². The Kier molecular flexibility index (Phi) is 3.78. The molecule has 78 valence electrons. The predicted octanol–water partition coefficient (Wildman–Crippen LogP) is 3.06. The second-order valence-corrected chi connectivity index (χ2v) is 5.60. The molecule has 1 nitrogen and oxygen atoms in total. The van der Waals surface area contributed by atoms with Gasteiger partial charge in [-0.25, -0.2) is 0 Å². The van der Waals surface area contributed by atoms with Crippen molar-refractivity contribution >= 4 is 0 Å². The van der Waals surface area contributed by atoms with Gasteiger partial charge in [-0.05, 0) is 49.6 Å². The highest BCUT2D eigenvalue weighted by atomic mass is 14.9. The molecule has 0 aromatic carbocycles. The van der Waals surface area contributed by atoms with Gasteiger partial charge in [0.25, 0.3) is 0 Å². The Morgan fingerprint density at radius 1 is 1.23 bits per heavy atom. The number of hydrogen-bond acceptors (Lipinski definition) is 1. The van der Waals surface area contributed by atoms with Crippen LogP contribution < -0.4 is 5.32 Å². The summed E-state index contributed by atoms with van der Waals surface area (Å²) < 4.78 is 0. The summed E-state index contributed by atoms with van der Waals surface area (Å²) in [4.78, 5) is 0. The molecule has 1 fully saturated rings. The minimum absolute atomic E-state index is 0.543. The first-order chi connectivity index (χ1) is 6.04. The van der Waals surface area contributed by atoms with Crippen molar-refractivity contribution in [3.05, 3.63) is 0 Å². The van der Waals surface area contributed by atoms with Crippen LogP contribution in [0.5, 0.6) is 0 Å². The molecule has 0 bridgehead atoms. The van der Waals surface area contributed by atoms with Gasteiger partial charge in [-0.2, -0.15) is 0 Å². The fourth-order valence-corrected chi connectivity index (χ4v) is 2.09. The first kappa shape index (κ1) is 11.0. The zero-order valence-electron chi connectivity index (χ0n) is 9.69. The van der Waals surface area contributed by atoms with E-state index in [9.17, 15) is 0 Å². The summed E-state index contributed by atoms with van der Waals surface area (Å²) in [7, 11) is 0. The highest BCUT2D eigenvalue weighted by molar-refractivity contribution is 4.87. The number of hydrogen-bond donors (Lipinski definition) is 1. The van der Waals surface area contributed by atoms with Gasteiger partial charge in [-0.3, -0.25) is 0 Å². The molecule has 0 radical (unpaired) electrons. The molecule has 13 heavy (non-hydrogen) atoms. The van der Waals surface area contributed by atoms with Gasteiger partial charge in [0.05, 0.1) is 0 Å². The van der Waals surface area contributed by atoms with Gasteiger partial charge in [-0.1, -0.05) is 27.7 Å². The normalized spacial score (nSPS) is 28.6. The summed E-state index contributed by atoms with van der Waals surface area (Å²) in [5, 5.41) is 3.51. The summed E-state index contributed by atoms with van der Waals surface area (Å²) >= 11 is 0. The van der Waals surface area contributed by atoms with E-state index in [1.165, 1.54) is 32.4 Å². The lowest BCUT2D eigenvalue weighted by Crippen LogP contribution is -2.39. The van der Waals surface area contributed by atoms with Crippen LogP contribution in [-0.4, -0.2) is 13.1 Å². The van der Waals surface area contributed by atoms with Crippen LogP contribution in [-0.2, 0) is 0 Å². The monoisotopic (exact) mass is 183 g/mol. The van der Waals surface area contributed by atoms with E-state index in [0.29, 0.717) is 5.41 Å². The zero-order chi connectivity index (χ0) is 9.90. The molecule has 1 aliphatic rings. The van der Waals surface area contributed by atoms with E-state index >= 15 is 0 Å². The van der Waals surface area contributed by atoms with Crippen molar-refractivity contribution in [2.45, 2.75) is 47.0 Å². The van der Waals surface area contributed by atoms with Crippen molar-refractivity contribution in [3.8, 4) is 0 Å². The maximum absolute atomic E-state index is 3.51. The van der Waals surface area contributed by atoms with Gasteiger partial charge in [0.1, 0.15) is 0 Å². The van der Waals surface area contributed by atoms with Crippen molar-refractivity contribution in [2.75, 3.05) is 13.1 Å². The third kappa shape index (κ3) is 3.30. The Hall–Kier alpha value is -0.0400. The first-order valence-electron chi connectivity index (χ1n) is 5.74. The van der Waals surface area contributed by atoms with E-state index in [-0.39, 0.29) is 0 Å². The summed E-state index contributed by atoms with van der Waals surface area (Å²) in [5.74, 6) is 1.94. The molecule has 0 aliphatic heterocycles. The molecule has 0 saturated heterocycles. The highest BCUT2D eigenvalue weighted by Gasteiger charge is 2.36. The standard InChI is InChI=1S/C12H25N/c1-5-6-13-9-10-7-11(8-10)12(2,3)4/h10-11,13H,5-9H2,1-4H3.